The van der Waals surface area contributed by atoms with E-state index in [9.17, 15) is 22.0 Å². The average molecular weight is 268 g/mol. The fourth-order valence-corrected chi connectivity index (χ4v) is 2.36. The SMILES string of the molecule is Cc1cn(CC2CCC(F)(F)C2)nc1C(F)(F)F. The van der Waals surface area contributed by atoms with Gasteiger partial charge in [0.25, 0.3) is 0 Å². The first kappa shape index (κ1) is 13.3. The summed E-state index contributed by atoms with van der Waals surface area (Å²) in [4.78, 5) is 0. The molecule has 1 heterocycles. The Balaban J connectivity index is 2.08. The maximum Gasteiger partial charge on any atom is 0.435 e. The Kier molecular flexibility index (Phi) is 3.11. The lowest BCUT2D eigenvalue weighted by atomic mass is 10.1. The van der Waals surface area contributed by atoms with Gasteiger partial charge >= 0.3 is 6.18 Å². The maximum absolute atomic E-state index is 13.0. The molecule has 0 saturated heterocycles. The topological polar surface area (TPSA) is 17.8 Å². The van der Waals surface area contributed by atoms with Gasteiger partial charge in [0, 0.05) is 25.6 Å². The van der Waals surface area contributed by atoms with Crippen molar-refractivity contribution in [2.24, 2.45) is 5.92 Å². The molecule has 0 spiro atoms. The zero-order chi connectivity index (χ0) is 13.6. The lowest BCUT2D eigenvalue weighted by molar-refractivity contribution is -0.142. The Morgan fingerprint density at radius 2 is 2.11 bits per heavy atom. The van der Waals surface area contributed by atoms with Gasteiger partial charge in [0.15, 0.2) is 5.69 Å². The van der Waals surface area contributed by atoms with E-state index in [2.05, 4.69) is 5.10 Å². The number of aryl methyl sites for hydroxylation is 1. The lowest BCUT2D eigenvalue weighted by Crippen LogP contribution is -2.14. The van der Waals surface area contributed by atoms with Crippen molar-refractivity contribution in [2.45, 2.75) is 44.8 Å². The minimum atomic E-state index is -4.49. The van der Waals surface area contributed by atoms with E-state index in [4.69, 9.17) is 0 Å². The second-order valence-electron chi connectivity index (χ2n) is 4.85. The number of hydrogen-bond donors (Lipinski definition) is 0. The number of rotatable bonds is 2. The van der Waals surface area contributed by atoms with E-state index in [0.29, 0.717) is 6.42 Å². The summed E-state index contributed by atoms with van der Waals surface area (Å²) in [7, 11) is 0. The van der Waals surface area contributed by atoms with Crippen molar-refractivity contribution in [3.8, 4) is 0 Å². The van der Waals surface area contributed by atoms with Crippen LogP contribution in [0.15, 0.2) is 6.20 Å². The maximum atomic E-state index is 13.0. The van der Waals surface area contributed by atoms with Crippen LogP contribution < -0.4 is 0 Å². The van der Waals surface area contributed by atoms with Gasteiger partial charge in [-0.3, -0.25) is 4.68 Å². The Bertz CT molecular complexity index is 435. The summed E-state index contributed by atoms with van der Waals surface area (Å²) in [6, 6.07) is 0. The molecule has 0 aliphatic heterocycles. The highest BCUT2D eigenvalue weighted by Crippen LogP contribution is 2.39. The Morgan fingerprint density at radius 3 is 2.56 bits per heavy atom. The van der Waals surface area contributed by atoms with Crippen LogP contribution in [0.3, 0.4) is 0 Å². The average Bonchev–Trinajstić information content (AvgIpc) is 2.69. The number of halogens is 5. The fourth-order valence-electron chi connectivity index (χ4n) is 2.36. The van der Waals surface area contributed by atoms with E-state index in [0.717, 1.165) is 4.68 Å². The van der Waals surface area contributed by atoms with E-state index in [-0.39, 0.29) is 30.9 Å². The van der Waals surface area contributed by atoms with Crippen LogP contribution >= 0.6 is 0 Å². The summed E-state index contributed by atoms with van der Waals surface area (Å²) < 4.78 is 64.6. The van der Waals surface area contributed by atoms with Crippen LogP contribution in [0.25, 0.3) is 0 Å². The van der Waals surface area contributed by atoms with Crippen LogP contribution in [0.2, 0.25) is 0 Å². The Morgan fingerprint density at radius 1 is 1.44 bits per heavy atom. The van der Waals surface area contributed by atoms with Crippen molar-refractivity contribution in [1.82, 2.24) is 9.78 Å². The molecule has 102 valence electrons. The van der Waals surface area contributed by atoms with E-state index < -0.39 is 17.8 Å². The third kappa shape index (κ3) is 2.81. The summed E-state index contributed by atoms with van der Waals surface area (Å²) in [5, 5.41) is 3.44. The van der Waals surface area contributed by atoms with Gasteiger partial charge in [-0.1, -0.05) is 0 Å². The van der Waals surface area contributed by atoms with Gasteiger partial charge in [-0.25, -0.2) is 8.78 Å². The molecule has 1 aromatic heterocycles. The first-order chi connectivity index (χ1) is 8.17. The standard InChI is InChI=1S/C11H13F5N2/c1-7-5-18(17-9(7)11(14,15)16)6-8-2-3-10(12,13)4-8/h5,8H,2-4,6H2,1H3. The summed E-state index contributed by atoms with van der Waals surface area (Å²) in [5.74, 6) is -2.99. The highest BCUT2D eigenvalue weighted by atomic mass is 19.4. The quantitative estimate of drug-likeness (QED) is 0.749. The van der Waals surface area contributed by atoms with E-state index in [1.807, 2.05) is 0 Å². The minimum Gasteiger partial charge on any atom is -0.272 e. The minimum absolute atomic E-state index is 0.0206. The third-order valence-corrected chi connectivity index (χ3v) is 3.16. The molecule has 0 radical (unpaired) electrons. The van der Waals surface area contributed by atoms with Crippen LogP contribution in [0.5, 0.6) is 0 Å². The molecular formula is C11H13F5N2. The summed E-state index contributed by atoms with van der Waals surface area (Å²) >= 11 is 0. The molecule has 1 aliphatic carbocycles. The van der Waals surface area contributed by atoms with Crippen LogP contribution in [0.4, 0.5) is 22.0 Å². The molecule has 0 N–H and O–H groups in total. The molecule has 2 rings (SSSR count). The Hall–Kier alpha value is -1.14. The molecule has 1 unspecified atom stereocenters. The van der Waals surface area contributed by atoms with Crippen molar-refractivity contribution in [1.29, 1.82) is 0 Å². The molecular weight excluding hydrogens is 255 g/mol. The van der Waals surface area contributed by atoms with Crippen molar-refractivity contribution in [2.75, 3.05) is 0 Å². The molecule has 7 heteroatoms. The highest BCUT2D eigenvalue weighted by Gasteiger charge is 2.40. The van der Waals surface area contributed by atoms with Gasteiger partial charge in [-0.05, 0) is 24.8 Å². The van der Waals surface area contributed by atoms with Crippen molar-refractivity contribution in [3.63, 3.8) is 0 Å². The normalized spacial score (nSPS) is 23.6. The molecule has 1 aromatic rings. The molecule has 1 fully saturated rings. The summed E-state index contributed by atoms with van der Waals surface area (Å²) in [6.45, 7) is 1.43. The lowest BCUT2D eigenvalue weighted by Gasteiger charge is -2.10. The van der Waals surface area contributed by atoms with E-state index in [1.165, 1.54) is 13.1 Å². The van der Waals surface area contributed by atoms with Gasteiger partial charge in [0.05, 0.1) is 0 Å². The first-order valence-electron chi connectivity index (χ1n) is 5.66. The van der Waals surface area contributed by atoms with Crippen LogP contribution in [0, 0.1) is 12.8 Å². The number of hydrogen-bond acceptors (Lipinski definition) is 1. The van der Waals surface area contributed by atoms with Gasteiger partial charge in [-0.15, -0.1) is 0 Å². The smallest absolute Gasteiger partial charge is 0.272 e. The van der Waals surface area contributed by atoms with Crippen LogP contribution in [0.1, 0.15) is 30.5 Å². The second-order valence-corrected chi connectivity index (χ2v) is 4.85. The van der Waals surface area contributed by atoms with E-state index >= 15 is 0 Å². The summed E-state index contributed by atoms with van der Waals surface area (Å²) in [5.41, 5.74) is -0.917. The van der Waals surface area contributed by atoms with Gasteiger partial charge in [0.1, 0.15) is 0 Å². The Labute approximate surface area is 101 Å². The van der Waals surface area contributed by atoms with Crippen LogP contribution in [-0.4, -0.2) is 15.7 Å². The van der Waals surface area contributed by atoms with Gasteiger partial charge in [-0.2, -0.15) is 18.3 Å². The molecule has 2 nitrogen and oxygen atoms in total. The summed E-state index contributed by atoms with van der Waals surface area (Å²) in [6.07, 6.45) is -3.36. The van der Waals surface area contributed by atoms with Crippen molar-refractivity contribution >= 4 is 0 Å². The second kappa shape index (κ2) is 4.20. The monoisotopic (exact) mass is 268 g/mol. The number of nitrogens with zero attached hydrogens (tertiary/aromatic N) is 2. The van der Waals surface area contributed by atoms with Gasteiger partial charge < -0.3 is 0 Å². The molecule has 0 aromatic carbocycles. The molecule has 18 heavy (non-hydrogen) atoms. The highest BCUT2D eigenvalue weighted by molar-refractivity contribution is 5.17. The zero-order valence-corrected chi connectivity index (χ0v) is 9.77. The fraction of sp³-hybridized carbons (Fsp3) is 0.727. The third-order valence-electron chi connectivity index (χ3n) is 3.16. The first-order valence-corrected chi connectivity index (χ1v) is 5.66. The van der Waals surface area contributed by atoms with Crippen LogP contribution in [-0.2, 0) is 12.7 Å². The molecule has 1 saturated carbocycles. The molecule has 1 aliphatic rings. The molecule has 1 atom stereocenters. The predicted octanol–water partition coefficient (Wildman–Crippen LogP) is 3.65. The zero-order valence-electron chi connectivity index (χ0n) is 9.77. The number of alkyl halides is 5. The predicted molar refractivity (Wildman–Crippen MR) is 54.3 cm³/mol. The largest absolute Gasteiger partial charge is 0.435 e. The molecule has 0 amide bonds. The van der Waals surface area contributed by atoms with Crippen molar-refractivity contribution < 1.29 is 22.0 Å². The molecule has 0 bridgehead atoms. The van der Waals surface area contributed by atoms with Crippen molar-refractivity contribution in [3.05, 3.63) is 17.5 Å². The van der Waals surface area contributed by atoms with Gasteiger partial charge in [0.2, 0.25) is 5.92 Å². The van der Waals surface area contributed by atoms with E-state index in [1.54, 1.807) is 0 Å². The number of aromatic nitrogens is 2.